The first-order valence-corrected chi connectivity index (χ1v) is 6.71. The minimum absolute atomic E-state index is 0.103. The molecular weight excluding hydrogens is 226 g/mol. The molecule has 0 fully saturated rings. The highest BCUT2D eigenvalue weighted by Gasteiger charge is 2.14. The molecule has 1 aromatic carbocycles. The number of methoxy groups -OCH3 is 1. The van der Waals surface area contributed by atoms with E-state index in [9.17, 15) is 0 Å². The van der Waals surface area contributed by atoms with Crippen LogP contribution in [0.5, 0.6) is 5.75 Å². The quantitative estimate of drug-likeness (QED) is 0.770. The van der Waals surface area contributed by atoms with Crippen molar-refractivity contribution >= 4 is 0 Å². The summed E-state index contributed by atoms with van der Waals surface area (Å²) < 4.78 is 11.2. The summed E-state index contributed by atoms with van der Waals surface area (Å²) in [4.78, 5) is 0. The molecule has 18 heavy (non-hydrogen) atoms. The normalized spacial score (nSPS) is 14.2. The Morgan fingerprint density at radius 1 is 1.17 bits per heavy atom. The lowest BCUT2D eigenvalue weighted by atomic mass is 10.1. The van der Waals surface area contributed by atoms with Crippen molar-refractivity contribution in [2.75, 3.05) is 20.2 Å². The van der Waals surface area contributed by atoms with Crippen LogP contribution in [0.1, 0.15) is 38.9 Å². The van der Waals surface area contributed by atoms with Crippen molar-refractivity contribution in [3.8, 4) is 5.75 Å². The van der Waals surface area contributed by atoms with Gasteiger partial charge < -0.3 is 14.8 Å². The summed E-state index contributed by atoms with van der Waals surface area (Å²) >= 11 is 0. The maximum atomic E-state index is 6.06. The molecule has 0 aromatic heterocycles. The SMILES string of the molecule is CCNCC(OC(C)CC)c1ccc(OC)cc1. The van der Waals surface area contributed by atoms with E-state index in [0.29, 0.717) is 0 Å². The molecule has 0 radical (unpaired) electrons. The third-order valence-electron chi connectivity index (χ3n) is 3.04. The zero-order chi connectivity index (χ0) is 13.4. The molecule has 0 aliphatic heterocycles. The summed E-state index contributed by atoms with van der Waals surface area (Å²) in [6.45, 7) is 8.16. The average molecular weight is 251 g/mol. The van der Waals surface area contributed by atoms with E-state index in [-0.39, 0.29) is 12.2 Å². The van der Waals surface area contributed by atoms with Crippen LogP contribution in [0.15, 0.2) is 24.3 Å². The van der Waals surface area contributed by atoms with Gasteiger partial charge in [0.15, 0.2) is 0 Å². The van der Waals surface area contributed by atoms with E-state index in [1.807, 2.05) is 12.1 Å². The maximum Gasteiger partial charge on any atom is 0.118 e. The van der Waals surface area contributed by atoms with Crippen LogP contribution < -0.4 is 10.1 Å². The molecule has 0 saturated heterocycles. The van der Waals surface area contributed by atoms with Crippen molar-refractivity contribution in [3.63, 3.8) is 0 Å². The third-order valence-corrected chi connectivity index (χ3v) is 3.04. The fourth-order valence-corrected chi connectivity index (χ4v) is 1.72. The zero-order valence-electron chi connectivity index (χ0n) is 11.9. The summed E-state index contributed by atoms with van der Waals surface area (Å²) in [7, 11) is 1.68. The predicted octanol–water partition coefficient (Wildman–Crippen LogP) is 3.16. The Kier molecular flexibility index (Phi) is 6.76. The van der Waals surface area contributed by atoms with Crippen LogP contribution in [-0.2, 0) is 4.74 Å². The van der Waals surface area contributed by atoms with Crippen molar-refractivity contribution in [1.82, 2.24) is 5.32 Å². The van der Waals surface area contributed by atoms with E-state index >= 15 is 0 Å². The molecule has 2 unspecified atom stereocenters. The number of hydrogen-bond acceptors (Lipinski definition) is 3. The van der Waals surface area contributed by atoms with Crippen LogP contribution in [0.3, 0.4) is 0 Å². The highest BCUT2D eigenvalue weighted by molar-refractivity contribution is 5.28. The smallest absolute Gasteiger partial charge is 0.118 e. The number of rotatable bonds is 8. The summed E-state index contributed by atoms with van der Waals surface area (Å²) in [5.74, 6) is 0.879. The van der Waals surface area contributed by atoms with Gasteiger partial charge in [-0.25, -0.2) is 0 Å². The highest BCUT2D eigenvalue weighted by Crippen LogP contribution is 2.22. The molecule has 0 saturated carbocycles. The average Bonchev–Trinajstić information content (AvgIpc) is 2.43. The van der Waals surface area contributed by atoms with Gasteiger partial charge in [-0.3, -0.25) is 0 Å². The first-order valence-electron chi connectivity index (χ1n) is 6.71. The first-order chi connectivity index (χ1) is 8.71. The van der Waals surface area contributed by atoms with Crippen LogP contribution in [0, 0.1) is 0 Å². The van der Waals surface area contributed by atoms with Crippen LogP contribution in [0.2, 0.25) is 0 Å². The van der Waals surface area contributed by atoms with Crippen molar-refractivity contribution in [2.45, 2.75) is 39.4 Å². The van der Waals surface area contributed by atoms with E-state index < -0.39 is 0 Å². The predicted molar refractivity (Wildman–Crippen MR) is 75.1 cm³/mol. The number of hydrogen-bond donors (Lipinski definition) is 1. The molecule has 0 amide bonds. The summed E-state index contributed by atoms with van der Waals surface area (Å²) in [5, 5.41) is 3.35. The number of likely N-dealkylation sites (N-methyl/N-ethyl adjacent to an activating group) is 1. The van der Waals surface area contributed by atoms with Crippen molar-refractivity contribution in [3.05, 3.63) is 29.8 Å². The second-order valence-electron chi connectivity index (χ2n) is 4.42. The lowest BCUT2D eigenvalue weighted by Crippen LogP contribution is -2.25. The zero-order valence-corrected chi connectivity index (χ0v) is 11.9. The third kappa shape index (κ3) is 4.67. The van der Waals surface area contributed by atoms with Crippen molar-refractivity contribution < 1.29 is 9.47 Å². The van der Waals surface area contributed by atoms with E-state index in [1.165, 1.54) is 5.56 Å². The Labute approximate surface area is 110 Å². The molecular formula is C15H25NO2. The topological polar surface area (TPSA) is 30.5 Å². The van der Waals surface area contributed by atoms with E-state index in [1.54, 1.807) is 7.11 Å². The van der Waals surface area contributed by atoms with Gasteiger partial charge in [0, 0.05) is 6.54 Å². The number of ether oxygens (including phenoxy) is 2. The van der Waals surface area contributed by atoms with Gasteiger partial charge in [-0.2, -0.15) is 0 Å². The Bertz CT molecular complexity index is 324. The summed E-state index contributed by atoms with van der Waals surface area (Å²) in [6, 6.07) is 8.11. The molecule has 102 valence electrons. The van der Waals surface area contributed by atoms with E-state index in [4.69, 9.17) is 9.47 Å². The first kappa shape index (κ1) is 15.0. The summed E-state index contributed by atoms with van der Waals surface area (Å²) in [5.41, 5.74) is 1.19. The number of nitrogens with one attached hydrogen (secondary N) is 1. The van der Waals surface area contributed by atoms with E-state index in [2.05, 4.69) is 38.2 Å². The van der Waals surface area contributed by atoms with Gasteiger partial charge in [0.05, 0.1) is 19.3 Å². The molecule has 0 heterocycles. The molecule has 0 aliphatic rings. The van der Waals surface area contributed by atoms with Gasteiger partial charge >= 0.3 is 0 Å². The second-order valence-corrected chi connectivity index (χ2v) is 4.42. The lowest BCUT2D eigenvalue weighted by Gasteiger charge is -2.22. The molecule has 0 spiro atoms. The van der Waals surface area contributed by atoms with Crippen LogP contribution in [-0.4, -0.2) is 26.3 Å². The molecule has 3 nitrogen and oxygen atoms in total. The minimum atomic E-state index is 0.103. The molecule has 1 rings (SSSR count). The van der Waals surface area contributed by atoms with Gasteiger partial charge in [0.2, 0.25) is 0 Å². The largest absolute Gasteiger partial charge is 0.497 e. The van der Waals surface area contributed by atoms with Crippen LogP contribution >= 0.6 is 0 Å². The second kappa shape index (κ2) is 8.11. The van der Waals surface area contributed by atoms with Crippen molar-refractivity contribution in [2.24, 2.45) is 0 Å². The Morgan fingerprint density at radius 3 is 2.33 bits per heavy atom. The Balaban J connectivity index is 2.72. The van der Waals surface area contributed by atoms with Crippen molar-refractivity contribution in [1.29, 1.82) is 0 Å². The van der Waals surface area contributed by atoms with Crippen LogP contribution in [0.25, 0.3) is 0 Å². The molecule has 1 aromatic rings. The molecule has 3 heteroatoms. The van der Waals surface area contributed by atoms with E-state index in [0.717, 1.165) is 25.3 Å². The van der Waals surface area contributed by atoms with Gasteiger partial charge in [-0.1, -0.05) is 26.0 Å². The highest BCUT2D eigenvalue weighted by atomic mass is 16.5. The monoisotopic (exact) mass is 251 g/mol. The Morgan fingerprint density at radius 2 is 1.83 bits per heavy atom. The standard InChI is InChI=1S/C15H25NO2/c1-5-12(3)18-15(11-16-6-2)13-7-9-14(17-4)10-8-13/h7-10,12,15-16H,5-6,11H2,1-4H3. The molecule has 0 aliphatic carbocycles. The van der Waals surface area contributed by atoms with Gasteiger partial charge in [0.1, 0.15) is 5.75 Å². The molecule has 0 bridgehead atoms. The van der Waals surface area contributed by atoms with Gasteiger partial charge in [-0.05, 0) is 37.6 Å². The van der Waals surface area contributed by atoms with Gasteiger partial charge in [-0.15, -0.1) is 0 Å². The fraction of sp³-hybridized carbons (Fsp3) is 0.600. The number of benzene rings is 1. The maximum absolute atomic E-state index is 6.06. The fourth-order valence-electron chi connectivity index (χ4n) is 1.72. The Hall–Kier alpha value is -1.06. The van der Waals surface area contributed by atoms with Gasteiger partial charge in [0.25, 0.3) is 0 Å². The minimum Gasteiger partial charge on any atom is -0.497 e. The lowest BCUT2D eigenvalue weighted by molar-refractivity contribution is -0.00426. The summed E-state index contributed by atoms with van der Waals surface area (Å²) in [6.07, 6.45) is 1.40. The molecule has 1 N–H and O–H groups in total. The molecule has 2 atom stereocenters. The van der Waals surface area contributed by atoms with Crippen LogP contribution in [0.4, 0.5) is 0 Å².